The van der Waals surface area contributed by atoms with Gasteiger partial charge in [0, 0.05) is 55.5 Å². The van der Waals surface area contributed by atoms with Gasteiger partial charge < -0.3 is 19.9 Å². The zero-order chi connectivity index (χ0) is 18.1. The van der Waals surface area contributed by atoms with Crippen molar-refractivity contribution in [2.24, 2.45) is 5.92 Å². The number of rotatable bonds is 4. The standard InChI is InChI=1S/C21H25N5O/c1-2-16(17-4-8-22-18(17)3-1)19-14-24-20-21(25-19)26(11-9-23-20)10-5-15-6-12-27-13-7-15/h1-4,8,14-15,22H,5-7,9-13H2,(H,23,24). The van der Waals surface area contributed by atoms with E-state index in [1.807, 2.05) is 12.4 Å². The van der Waals surface area contributed by atoms with Crippen LogP contribution in [0.5, 0.6) is 0 Å². The molecule has 2 N–H and O–H groups in total. The van der Waals surface area contributed by atoms with E-state index in [-0.39, 0.29) is 0 Å². The highest BCUT2D eigenvalue weighted by Crippen LogP contribution is 2.32. The summed E-state index contributed by atoms with van der Waals surface area (Å²) in [7, 11) is 0. The summed E-state index contributed by atoms with van der Waals surface area (Å²) in [6.07, 6.45) is 7.42. The number of H-pyrrole nitrogens is 1. The molecule has 140 valence electrons. The monoisotopic (exact) mass is 363 g/mol. The summed E-state index contributed by atoms with van der Waals surface area (Å²) < 4.78 is 5.49. The van der Waals surface area contributed by atoms with Gasteiger partial charge in [-0.3, -0.25) is 0 Å². The van der Waals surface area contributed by atoms with Gasteiger partial charge in [-0.2, -0.15) is 0 Å². The van der Waals surface area contributed by atoms with Crippen LogP contribution in [-0.2, 0) is 4.74 Å². The number of aromatic nitrogens is 3. The Kier molecular flexibility index (Phi) is 4.41. The maximum atomic E-state index is 5.49. The summed E-state index contributed by atoms with van der Waals surface area (Å²) in [6, 6.07) is 8.38. The Labute approximate surface area is 159 Å². The van der Waals surface area contributed by atoms with E-state index >= 15 is 0 Å². The molecule has 0 atom stereocenters. The van der Waals surface area contributed by atoms with E-state index in [4.69, 9.17) is 9.72 Å². The van der Waals surface area contributed by atoms with Crippen molar-refractivity contribution in [1.29, 1.82) is 0 Å². The van der Waals surface area contributed by atoms with Gasteiger partial charge in [-0.1, -0.05) is 12.1 Å². The van der Waals surface area contributed by atoms with Crippen LogP contribution < -0.4 is 10.2 Å². The number of fused-ring (bicyclic) bond motifs is 2. The van der Waals surface area contributed by atoms with Crippen molar-refractivity contribution in [3.63, 3.8) is 0 Å². The van der Waals surface area contributed by atoms with Gasteiger partial charge in [-0.25, -0.2) is 9.97 Å². The summed E-state index contributed by atoms with van der Waals surface area (Å²) in [4.78, 5) is 15.4. The van der Waals surface area contributed by atoms with Crippen molar-refractivity contribution in [2.75, 3.05) is 43.1 Å². The normalized spacial score (nSPS) is 17.7. The van der Waals surface area contributed by atoms with Crippen LogP contribution in [0.4, 0.5) is 11.6 Å². The quantitative estimate of drug-likeness (QED) is 0.740. The Morgan fingerprint density at radius 1 is 1.19 bits per heavy atom. The molecule has 1 saturated heterocycles. The van der Waals surface area contributed by atoms with E-state index in [1.54, 1.807) is 0 Å². The van der Waals surface area contributed by atoms with Gasteiger partial charge in [0.25, 0.3) is 0 Å². The lowest BCUT2D eigenvalue weighted by Gasteiger charge is -2.32. The first-order chi connectivity index (χ1) is 13.4. The Bertz CT molecular complexity index is 931. The van der Waals surface area contributed by atoms with Crippen LogP contribution in [-0.4, -0.2) is 47.8 Å². The van der Waals surface area contributed by atoms with Gasteiger partial charge in [0.1, 0.15) is 0 Å². The molecule has 0 aliphatic carbocycles. The average Bonchev–Trinajstić information content (AvgIpc) is 3.21. The van der Waals surface area contributed by atoms with Gasteiger partial charge >= 0.3 is 0 Å². The molecular formula is C21H25N5O. The first kappa shape index (κ1) is 16.6. The van der Waals surface area contributed by atoms with Gasteiger partial charge in [-0.05, 0) is 37.3 Å². The lowest BCUT2D eigenvalue weighted by molar-refractivity contribution is 0.0645. The molecular weight excluding hydrogens is 338 g/mol. The fourth-order valence-electron chi connectivity index (χ4n) is 4.17. The highest BCUT2D eigenvalue weighted by molar-refractivity contribution is 5.94. The number of nitrogens with zero attached hydrogens (tertiary/aromatic N) is 3. The maximum Gasteiger partial charge on any atom is 0.172 e. The molecule has 4 heterocycles. The second kappa shape index (κ2) is 7.19. The van der Waals surface area contributed by atoms with Crippen molar-refractivity contribution in [3.8, 4) is 11.3 Å². The molecule has 6 nitrogen and oxygen atoms in total. The zero-order valence-electron chi connectivity index (χ0n) is 15.4. The van der Waals surface area contributed by atoms with Crippen LogP contribution in [0.15, 0.2) is 36.7 Å². The number of hydrogen-bond donors (Lipinski definition) is 2. The second-order valence-electron chi connectivity index (χ2n) is 7.43. The van der Waals surface area contributed by atoms with Crippen LogP contribution in [0.2, 0.25) is 0 Å². The lowest BCUT2D eigenvalue weighted by Crippen LogP contribution is -2.37. The first-order valence-electron chi connectivity index (χ1n) is 9.88. The topological polar surface area (TPSA) is 66.1 Å². The third-order valence-corrected chi connectivity index (χ3v) is 5.75. The molecule has 0 amide bonds. The molecule has 0 saturated carbocycles. The predicted octanol–water partition coefficient (Wildman–Crippen LogP) is 3.67. The minimum Gasteiger partial charge on any atom is -0.381 e. The van der Waals surface area contributed by atoms with Crippen LogP contribution in [0.1, 0.15) is 19.3 Å². The molecule has 0 radical (unpaired) electrons. The summed E-state index contributed by atoms with van der Waals surface area (Å²) >= 11 is 0. The number of ether oxygens (including phenoxy) is 1. The number of anilines is 2. The fraction of sp³-hybridized carbons (Fsp3) is 0.429. The summed E-state index contributed by atoms with van der Waals surface area (Å²) in [5.41, 5.74) is 3.18. The Morgan fingerprint density at radius 3 is 3.04 bits per heavy atom. The Balaban J connectivity index is 1.43. The molecule has 0 unspecified atom stereocenters. The Morgan fingerprint density at radius 2 is 2.11 bits per heavy atom. The average molecular weight is 363 g/mol. The molecule has 5 rings (SSSR count). The van der Waals surface area contributed by atoms with Crippen molar-refractivity contribution in [1.82, 2.24) is 15.0 Å². The van der Waals surface area contributed by atoms with E-state index in [2.05, 4.69) is 44.5 Å². The summed E-state index contributed by atoms with van der Waals surface area (Å²) in [5, 5.41) is 4.58. The number of aromatic amines is 1. The molecule has 1 fully saturated rings. The third kappa shape index (κ3) is 3.25. The van der Waals surface area contributed by atoms with Gasteiger partial charge in [0.05, 0.1) is 11.9 Å². The lowest BCUT2D eigenvalue weighted by atomic mass is 9.96. The molecule has 2 aliphatic rings. The zero-order valence-corrected chi connectivity index (χ0v) is 15.4. The van der Waals surface area contributed by atoms with Crippen LogP contribution >= 0.6 is 0 Å². The van der Waals surface area contributed by atoms with E-state index in [1.165, 1.54) is 24.6 Å². The van der Waals surface area contributed by atoms with Crippen molar-refractivity contribution in [3.05, 3.63) is 36.7 Å². The summed E-state index contributed by atoms with van der Waals surface area (Å²) in [5.74, 6) is 2.65. The number of benzene rings is 1. The van der Waals surface area contributed by atoms with Crippen LogP contribution in [0, 0.1) is 5.92 Å². The largest absolute Gasteiger partial charge is 0.381 e. The molecule has 0 bridgehead atoms. The fourth-order valence-corrected chi connectivity index (χ4v) is 4.17. The van der Waals surface area contributed by atoms with Crippen LogP contribution in [0.25, 0.3) is 22.2 Å². The van der Waals surface area contributed by atoms with Gasteiger partial charge in [0.15, 0.2) is 11.6 Å². The van der Waals surface area contributed by atoms with E-state index in [0.29, 0.717) is 0 Å². The minimum absolute atomic E-state index is 0.766. The molecule has 1 aromatic carbocycles. The number of hydrogen-bond acceptors (Lipinski definition) is 5. The number of nitrogens with one attached hydrogen (secondary N) is 2. The minimum atomic E-state index is 0.766. The molecule has 3 aromatic rings. The molecule has 0 spiro atoms. The van der Waals surface area contributed by atoms with Gasteiger partial charge in [0.2, 0.25) is 0 Å². The summed E-state index contributed by atoms with van der Waals surface area (Å²) in [6.45, 7) is 4.75. The predicted molar refractivity (Wildman–Crippen MR) is 108 cm³/mol. The molecule has 6 heteroatoms. The van der Waals surface area contributed by atoms with Crippen molar-refractivity contribution >= 4 is 22.5 Å². The van der Waals surface area contributed by atoms with E-state index < -0.39 is 0 Å². The van der Waals surface area contributed by atoms with E-state index in [0.717, 1.165) is 67.2 Å². The molecule has 2 aromatic heterocycles. The van der Waals surface area contributed by atoms with Crippen molar-refractivity contribution < 1.29 is 4.74 Å². The Hall–Kier alpha value is -2.60. The highest BCUT2D eigenvalue weighted by Gasteiger charge is 2.22. The first-order valence-corrected chi connectivity index (χ1v) is 9.88. The highest BCUT2D eigenvalue weighted by atomic mass is 16.5. The van der Waals surface area contributed by atoms with Crippen LogP contribution in [0.3, 0.4) is 0 Å². The maximum absolute atomic E-state index is 5.49. The van der Waals surface area contributed by atoms with Gasteiger partial charge in [-0.15, -0.1) is 0 Å². The SMILES string of the molecule is c1cc(-c2cnc3c(n2)N(CCC2CCOCC2)CCN3)c2cc[nH]c2c1. The third-order valence-electron chi connectivity index (χ3n) is 5.75. The van der Waals surface area contributed by atoms with E-state index in [9.17, 15) is 0 Å². The van der Waals surface area contributed by atoms with Crippen molar-refractivity contribution in [2.45, 2.75) is 19.3 Å². The second-order valence-corrected chi connectivity index (χ2v) is 7.43. The smallest absolute Gasteiger partial charge is 0.172 e. The molecule has 2 aliphatic heterocycles. The molecule has 27 heavy (non-hydrogen) atoms.